The van der Waals surface area contributed by atoms with Crippen LogP contribution in [-0.2, 0) is 0 Å². The highest BCUT2D eigenvalue weighted by atomic mass is 16.3. The van der Waals surface area contributed by atoms with Crippen molar-refractivity contribution >= 4 is 0 Å². The number of likely N-dealkylation sites (N-methyl/N-ethyl adjacent to an activating group) is 1. The SMILES string of the molecule is CN(C)C(CNC1C2(C)CCC(C2)C1(C)C)c1ccco1. The molecule has 0 aliphatic heterocycles. The number of furan rings is 1. The zero-order valence-corrected chi connectivity index (χ0v) is 14.1. The monoisotopic (exact) mass is 290 g/mol. The van der Waals surface area contributed by atoms with Crippen LogP contribution >= 0.6 is 0 Å². The first-order valence-electron chi connectivity index (χ1n) is 8.28. The zero-order valence-electron chi connectivity index (χ0n) is 14.1. The van der Waals surface area contributed by atoms with Gasteiger partial charge in [0.05, 0.1) is 12.3 Å². The van der Waals surface area contributed by atoms with E-state index >= 15 is 0 Å². The zero-order chi connectivity index (χ0) is 15.3. The van der Waals surface area contributed by atoms with E-state index in [9.17, 15) is 0 Å². The predicted octanol–water partition coefficient (Wildman–Crippen LogP) is 3.69. The molecule has 0 amide bonds. The molecule has 2 fully saturated rings. The van der Waals surface area contributed by atoms with E-state index in [1.165, 1.54) is 19.3 Å². The fourth-order valence-electron chi connectivity index (χ4n) is 5.06. The molecule has 21 heavy (non-hydrogen) atoms. The van der Waals surface area contributed by atoms with Gasteiger partial charge in [0, 0.05) is 12.6 Å². The summed E-state index contributed by atoms with van der Waals surface area (Å²) in [7, 11) is 4.26. The molecular weight excluding hydrogens is 260 g/mol. The van der Waals surface area contributed by atoms with Gasteiger partial charge in [-0.2, -0.15) is 0 Å². The molecule has 2 saturated carbocycles. The van der Waals surface area contributed by atoms with E-state index in [0.717, 1.165) is 18.2 Å². The lowest BCUT2D eigenvalue weighted by Crippen LogP contribution is -2.52. The summed E-state index contributed by atoms with van der Waals surface area (Å²) >= 11 is 0. The molecule has 0 radical (unpaired) electrons. The van der Waals surface area contributed by atoms with E-state index in [1.807, 2.05) is 6.07 Å². The maximum absolute atomic E-state index is 5.63. The molecule has 2 bridgehead atoms. The maximum atomic E-state index is 5.63. The van der Waals surface area contributed by atoms with Gasteiger partial charge in [-0.05, 0) is 62.2 Å². The Morgan fingerprint density at radius 2 is 2.14 bits per heavy atom. The van der Waals surface area contributed by atoms with Crippen molar-refractivity contribution in [2.24, 2.45) is 16.7 Å². The molecular formula is C18H30N2O. The average molecular weight is 290 g/mol. The van der Waals surface area contributed by atoms with Crippen LogP contribution in [0.4, 0.5) is 0 Å². The number of rotatable bonds is 5. The Bertz CT molecular complexity index is 475. The van der Waals surface area contributed by atoms with Crippen LogP contribution in [-0.4, -0.2) is 31.6 Å². The second-order valence-corrected chi connectivity index (χ2v) is 8.25. The average Bonchev–Trinajstić information content (AvgIpc) is 3.06. The highest BCUT2D eigenvalue weighted by Crippen LogP contribution is 2.62. The van der Waals surface area contributed by atoms with E-state index in [1.54, 1.807) is 6.26 Å². The Balaban J connectivity index is 1.72. The topological polar surface area (TPSA) is 28.4 Å². The number of nitrogens with zero attached hydrogens (tertiary/aromatic N) is 1. The Labute approximate surface area is 129 Å². The second-order valence-electron chi connectivity index (χ2n) is 8.25. The van der Waals surface area contributed by atoms with Crippen molar-refractivity contribution in [2.45, 2.75) is 52.1 Å². The Morgan fingerprint density at radius 3 is 2.67 bits per heavy atom. The van der Waals surface area contributed by atoms with Crippen LogP contribution in [0.2, 0.25) is 0 Å². The fraction of sp³-hybridized carbons (Fsp3) is 0.778. The van der Waals surface area contributed by atoms with Gasteiger partial charge in [-0.25, -0.2) is 0 Å². The summed E-state index contributed by atoms with van der Waals surface area (Å²) in [5, 5.41) is 3.91. The minimum atomic E-state index is 0.304. The molecule has 0 aromatic carbocycles. The number of hydrogen-bond donors (Lipinski definition) is 1. The number of hydrogen-bond acceptors (Lipinski definition) is 3. The molecule has 3 nitrogen and oxygen atoms in total. The Morgan fingerprint density at radius 1 is 1.38 bits per heavy atom. The molecule has 4 unspecified atom stereocenters. The molecule has 0 saturated heterocycles. The third-order valence-corrected chi connectivity index (χ3v) is 6.28. The van der Waals surface area contributed by atoms with Gasteiger partial charge in [-0.3, -0.25) is 4.90 Å². The lowest BCUT2D eigenvalue weighted by atomic mass is 9.68. The van der Waals surface area contributed by atoms with Gasteiger partial charge in [-0.1, -0.05) is 20.8 Å². The van der Waals surface area contributed by atoms with Crippen LogP contribution in [0.1, 0.15) is 51.8 Å². The van der Waals surface area contributed by atoms with Crippen molar-refractivity contribution in [1.82, 2.24) is 10.2 Å². The first-order chi connectivity index (χ1) is 9.84. The van der Waals surface area contributed by atoms with Crippen molar-refractivity contribution < 1.29 is 4.42 Å². The number of nitrogens with one attached hydrogen (secondary N) is 1. The molecule has 1 heterocycles. The van der Waals surface area contributed by atoms with Crippen molar-refractivity contribution in [3.63, 3.8) is 0 Å². The third kappa shape index (κ3) is 2.44. The van der Waals surface area contributed by atoms with E-state index < -0.39 is 0 Å². The molecule has 2 aliphatic carbocycles. The highest BCUT2D eigenvalue weighted by molar-refractivity contribution is 5.13. The molecule has 1 aromatic rings. The highest BCUT2D eigenvalue weighted by Gasteiger charge is 2.59. The molecule has 1 N–H and O–H groups in total. The van der Waals surface area contributed by atoms with Crippen molar-refractivity contribution in [3.05, 3.63) is 24.2 Å². The van der Waals surface area contributed by atoms with Crippen LogP contribution in [0.25, 0.3) is 0 Å². The third-order valence-electron chi connectivity index (χ3n) is 6.28. The lowest BCUT2D eigenvalue weighted by molar-refractivity contribution is 0.0993. The van der Waals surface area contributed by atoms with E-state index in [4.69, 9.17) is 4.42 Å². The summed E-state index contributed by atoms with van der Waals surface area (Å²) in [6.45, 7) is 8.35. The van der Waals surface area contributed by atoms with Crippen LogP contribution in [0.15, 0.2) is 22.8 Å². The van der Waals surface area contributed by atoms with Gasteiger partial charge < -0.3 is 9.73 Å². The first kappa shape index (κ1) is 15.1. The summed E-state index contributed by atoms with van der Waals surface area (Å²) in [6.07, 6.45) is 5.96. The second kappa shape index (κ2) is 5.13. The lowest BCUT2D eigenvalue weighted by Gasteiger charge is -2.44. The quantitative estimate of drug-likeness (QED) is 0.896. The standard InChI is InChI=1S/C18H30N2O/c1-17(2)13-8-9-18(3,11-13)16(17)19-12-14(20(4)5)15-7-6-10-21-15/h6-7,10,13-14,16,19H,8-9,11-12H2,1-5H3. The van der Waals surface area contributed by atoms with Crippen LogP contribution in [0.5, 0.6) is 0 Å². The van der Waals surface area contributed by atoms with E-state index in [2.05, 4.69) is 51.1 Å². The molecule has 1 aromatic heterocycles. The van der Waals surface area contributed by atoms with E-state index in [0.29, 0.717) is 22.9 Å². The van der Waals surface area contributed by atoms with Crippen LogP contribution in [0.3, 0.4) is 0 Å². The fourth-order valence-corrected chi connectivity index (χ4v) is 5.06. The van der Waals surface area contributed by atoms with Gasteiger partial charge in [-0.15, -0.1) is 0 Å². The molecule has 2 aliphatic rings. The van der Waals surface area contributed by atoms with Crippen LogP contribution < -0.4 is 5.32 Å². The number of fused-ring (bicyclic) bond motifs is 2. The van der Waals surface area contributed by atoms with E-state index in [-0.39, 0.29) is 0 Å². The van der Waals surface area contributed by atoms with Crippen molar-refractivity contribution in [3.8, 4) is 0 Å². The molecule has 0 spiro atoms. The summed E-state index contributed by atoms with van der Waals surface area (Å²) in [5.41, 5.74) is 0.890. The molecule has 3 rings (SSSR count). The van der Waals surface area contributed by atoms with Crippen molar-refractivity contribution in [1.29, 1.82) is 0 Å². The minimum absolute atomic E-state index is 0.304. The Hall–Kier alpha value is -0.800. The molecule has 4 atom stereocenters. The van der Waals surface area contributed by atoms with Crippen LogP contribution in [0, 0.1) is 16.7 Å². The van der Waals surface area contributed by atoms with Gasteiger partial charge >= 0.3 is 0 Å². The minimum Gasteiger partial charge on any atom is -0.468 e. The molecule has 118 valence electrons. The first-order valence-corrected chi connectivity index (χ1v) is 8.28. The van der Waals surface area contributed by atoms with Gasteiger partial charge in [0.2, 0.25) is 0 Å². The molecule has 3 heteroatoms. The smallest absolute Gasteiger partial charge is 0.122 e. The largest absolute Gasteiger partial charge is 0.468 e. The summed E-state index contributed by atoms with van der Waals surface area (Å²) in [5.74, 6) is 1.94. The summed E-state index contributed by atoms with van der Waals surface area (Å²) in [4.78, 5) is 2.24. The Kier molecular flexibility index (Phi) is 3.69. The van der Waals surface area contributed by atoms with Crippen molar-refractivity contribution in [2.75, 3.05) is 20.6 Å². The maximum Gasteiger partial charge on any atom is 0.122 e. The van der Waals surface area contributed by atoms with Gasteiger partial charge in [0.25, 0.3) is 0 Å². The van der Waals surface area contributed by atoms with Gasteiger partial charge in [0.1, 0.15) is 5.76 Å². The summed E-state index contributed by atoms with van der Waals surface area (Å²) < 4.78 is 5.63. The van der Waals surface area contributed by atoms with Gasteiger partial charge in [0.15, 0.2) is 0 Å². The normalized spacial score (nSPS) is 35.5. The summed E-state index contributed by atoms with van der Waals surface area (Å²) in [6, 6.07) is 4.98. The predicted molar refractivity (Wildman–Crippen MR) is 86.2 cm³/mol.